The van der Waals surface area contributed by atoms with Gasteiger partial charge in [-0.05, 0) is 32.4 Å². The number of aromatic nitrogens is 2. The van der Waals surface area contributed by atoms with Crippen LogP contribution in [0, 0.1) is 6.92 Å². The number of carbonyl (C=O) groups is 1. The summed E-state index contributed by atoms with van der Waals surface area (Å²) in [6, 6.07) is 6.64. The van der Waals surface area contributed by atoms with Crippen molar-refractivity contribution in [3.63, 3.8) is 0 Å². The van der Waals surface area contributed by atoms with E-state index in [0.717, 1.165) is 12.0 Å². The van der Waals surface area contributed by atoms with Crippen LogP contribution in [0.1, 0.15) is 42.3 Å². The van der Waals surface area contributed by atoms with Gasteiger partial charge in [0.05, 0.1) is 10.6 Å². The van der Waals surface area contributed by atoms with Crippen LogP contribution < -0.4 is 5.32 Å². The molecule has 0 spiro atoms. The van der Waals surface area contributed by atoms with Crippen molar-refractivity contribution in [2.24, 2.45) is 0 Å². The Morgan fingerprint density at radius 3 is 2.58 bits per heavy atom. The molecule has 0 saturated carbocycles. The first-order chi connectivity index (χ1) is 11.3. The van der Waals surface area contributed by atoms with Crippen molar-refractivity contribution in [2.45, 2.75) is 44.6 Å². The molecule has 130 valence electrons. The molecule has 1 aromatic heterocycles. The lowest BCUT2D eigenvalue weighted by atomic mass is 10.2. The second-order valence-corrected chi connectivity index (χ2v) is 7.79. The van der Waals surface area contributed by atoms with Gasteiger partial charge in [0, 0.05) is 12.5 Å². The Bertz CT molecular complexity index is 797. The number of amides is 1. The molecule has 0 aliphatic carbocycles. The maximum Gasteiger partial charge on any atom is 0.315 e. The van der Waals surface area contributed by atoms with Crippen molar-refractivity contribution >= 4 is 15.7 Å². The lowest BCUT2D eigenvalue weighted by molar-refractivity contribution is 0.0895. The van der Waals surface area contributed by atoms with Crippen LogP contribution in [0.3, 0.4) is 0 Å². The maximum absolute atomic E-state index is 12.3. The molecule has 1 N–H and O–H groups in total. The number of nitrogens with one attached hydrogen (secondary N) is 1. The van der Waals surface area contributed by atoms with E-state index in [9.17, 15) is 13.2 Å². The fourth-order valence-electron chi connectivity index (χ4n) is 1.92. The number of benzene rings is 1. The number of sulfone groups is 1. The van der Waals surface area contributed by atoms with E-state index in [1.54, 1.807) is 24.3 Å². The van der Waals surface area contributed by atoms with Gasteiger partial charge < -0.3 is 9.84 Å². The molecule has 1 atom stereocenters. The molecule has 7 nitrogen and oxygen atoms in total. The third kappa shape index (κ3) is 4.64. The summed E-state index contributed by atoms with van der Waals surface area (Å²) in [6.07, 6.45) is 0.859. The Kier molecular flexibility index (Phi) is 5.71. The molecule has 0 aliphatic heterocycles. The molecule has 24 heavy (non-hydrogen) atoms. The number of carbonyl (C=O) groups excluding carboxylic acids is 1. The Hall–Kier alpha value is -2.22. The summed E-state index contributed by atoms with van der Waals surface area (Å²) in [6.45, 7) is 5.70. The summed E-state index contributed by atoms with van der Waals surface area (Å²) < 4.78 is 29.4. The van der Waals surface area contributed by atoms with Gasteiger partial charge in [0.2, 0.25) is 0 Å². The second-order valence-electron chi connectivity index (χ2n) is 5.68. The van der Waals surface area contributed by atoms with E-state index in [2.05, 4.69) is 15.5 Å². The monoisotopic (exact) mass is 351 g/mol. The van der Waals surface area contributed by atoms with E-state index in [4.69, 9.17) is 4.52 Å². The van der Waals surface area contributed by atoms with E-state index in [1.807, 2.05) is 20.8 Å². The van der Waals surface area contributed by atoms with Crippen molar-refractivity contribution in [2.75, 3.05) is 5.75 Å². The van der Waals surface area contributed by atoms with Crippen LogP contribution in [0.5, 0.6) is 0 Å². The topological polar surface area (TPSA) is 102 Å². The molecule has 0 bridgehead atoms. The number of hydrogen-bond acceptors (Lipinski definition) is 6. The maximum atomic E-state index is 12.3. The van der Waals surface area contributed by atoms with Crippen LogP contribution in [-0.4, -0.2) is 36.3 Å². The summed E-state index contributed by atoms with van der Waals surface area (Å²) in [5.41, 5.74) is 0.990. The fraction of sp³-hybridized carbons (Fsp3) is 0.438. The molecule has 2 aromatic rings. The lowest BCUT2D eigenvalue weighted by Gasteiger charge is -2.07. The highest BCUT2D eigenvalue weighted by atomic mass is 32.2. The summed E-state index contributed by atoms with van der Waals surface area (Å²) in [5, 5.41) is 6.38. The van der Waals surface area contributed by atoms with Crippen molar-refractivity contribution in [3.8, 4) is 0 Å². The highest BCUT2D eigenvalue weighted by Crippen LogP contribution is 2.13. The molecule has 2 rings (SSSR count). The van der Waals surface area contributed by atoms with Gasteiger partial charge in [0.15, 0.2) is 15.7 Å². The molecule has 0 radical (unpaired) electrons. The van der Waals surface area contributed by atoms with Crippen molar-refractivity contribution in [1.29, 1.82) is 0 Å². The van der Waals surface area contributed by atoms with Gasteiger partial charge in [-0.1, -0.05) is 29.8 Å². The predicted octanol–water partition coefficient (Wildman–Crippen LogP) is 1.92. The molecule has 1 amide bonds. The van der Waals surface area contributed by atoms with Gasteiger partial charge in [-0.3, -0.25) is 4.79 Å². The van der Waals surface area contributed by atoms with Gasteiger partial charge in [-0.2, -0.15) is 4.98 Å². The molecule has 1 aromatic carbocycles. The third-order valence-electron chi connectivity index (χ3n) is 3.63. The molecule has 0 aliphatic rings. The highest BCUT2D eigenvalue weighted by Gasteiger charge is 2.19. The summed E-state index contributed by atoms with van der Waals surface area (Å²) >= 11 is 0. The fourth-order valence-corrected chi connectivity index (χ4v) is 3.16. The molecule has 0 fully saturated rings. The molecule has 0 unspecified atom stereocenters. The Labute approximate surface area is 141 Å². The molecular weight excluding hydrogens is 330 g/mol. The Morgan fingerprint density at radius 2 is 1.96 bits per heavy atom. The van der Waals surface area contributed by atoms with Gasteiger partial charge in [0.1, 0.15) is 0 Å². The first-order valence-electron chi connectivity index (χ1n) is 7.74. The molecule has 0 saturated heterocycles. The van der Waals surface area contributed by atoms with Crippen LogP contribution in [0.25, 0.3) is 0 Å². The van der Waals surface area contributed by atoms with E-state index in [0.29, 0.717) is 0 Å². The minimum Gasteiger partial charge on any atom is -0.345 e. The number of rotatable bonds is 7. The third-order valence-corrected chi connectivity index (χ3v) is 5.36. The lowest BCUT2D eigenvalue weighted by Crippen LogP contribution is -2.32. The summed E-state index contributed by atoms with van der Waals surface area (Å²) in [5.74, 6) is -0.565. The number of aryl methyl sites for hydroxylation is 2. The Balaban J connectivity index is 2.00. The second kappa shape index (κ2) is 7.57. The van der Waals surface area contributed by atoms with Gasteiger partial charge in [-0.25, -0.2) is 8.42 Å². The van der Waals surface area contributed by atoms with Crippen molar-refractivity contribution in [1.82, 2.24) is 15.5 Å². The van der Waals surface area contributed by atoms with Gasteiger partial charge >= 0.3 is 11.8 Å². The first kappa shape index (κ1) is 18.1. The zero-order valence-corrected chi connectivity index (χ0v) is 14.8. The standard InChI is InChI=1S/C16H21N3O4S/c1-4-12(3)17-15(20)16-18-14(19-23-16)9-10-24(21,22)13-7-5-11(2)6-8-13/h5-8,12H,4,9-10H2,1-3H3,(H,17,20)/t12-/m1/s1. The zero-order valence-electron chi connectivity index (χ0n) is 13.9. The summed E-state index contributed by atoms with van der Waals surface area (Å²) in [7, 11) is -3.43. The normalized spacial score (nSPS) is 12.8. The van der Waals surface area contributed by atoms with Crippen LogP contribution in [0.2, 0.25) is 0 Å². The van der Waals surface area contributed by atoms with E-state index in [-0.39, 0.29) is 34.8 Å². The SMILES string of the molecule is CC[C@@H](C)NC(=O)c1nc(CCS(=O)(=O)c2ccc(C)cc2)no1. The average Bonchev–Trinajstić information content (AvgIpc) is 3.02. The number of hydrogen-bond donors (Lipinski definition) is 1. The van der Waals surface area contributed by atoms with Crippen LogP contribution >= 0.6 is 0 Å². The minimum atomic E-state index is -3.43. The van der Waals surface area contributed by atoms with Crippen molar-refractivity contribution in [3.05, 3.63) is 41.5 Å². The molecule has 1 heterocycles. The van der Waals surface area contributed by atoms with E-state index < -0.39 is 15.7 Å². The predicted molar refractivity (Wildman–Crippen MR) is 88.5 cm³/mol. The minimum absolute atomic E-state index is 0.00485. The van der Waals surface area contributed by atoms with Crippen molar-refractivity contribution < 1.29 is 17.7 Å². The van der Waals surface area contributed by atoms with Gasteiger partial charge in [0.25, 0.3) is 0 Å². The van der Waals surface area contributed by atoms with E-state index >= 15 is 0 Å². The molecular formula is C16H21N3O4S. The van der Waals surface area contributed by atoms with Gasteiger partial charge in [-0.15, -0.1) is 0 Å². The van der Waals surface area contributed by atoms with E-state index in [1.165, 1.54) is 0 Å². The van der Waals surface area contributed by atoms with Crippen LogP contribution in [0.4, 0.5) is 0 Å². The smallest absolute Gasteiger partial charge is 0.315 e. The van der Waals surface area contributed by atoms with Crippen LogP contribution in [0.15, 0.2) is 33.7 Å². The average molecular weight is 351 g/mol. The first-order valence-corrected chi connectivity index (χ1v) is 9.40. The highest BCUT2D eigenvalue weighted by molar-refractivity contribution is 7.91. The quantitative estimate of drug-likeness (QED) is 0.817. The number of nitrogens with zero attached hydrogens (tertiary/aromatic N) is 2. The largest absolute Gasteiger partial charge is 0.345 e. The van der Waals surface area contributed by atoms with Crippen LogP contribution in [-0.2, 0) is 16.3 Å². The molecule has 8 heteroatoms. The summed E-state index contributed by atoms with van der Waals surface area (Å²) in [4.78, 5) is 16.1. The zero-order chi connectivity index (χ0) is 17.7. The Morgan fingerprint density at radius 1 is 1.29 bits per heavy atom.